The molecule has 0 spiro atoms. The van der Waals surface area contributed by atoms with Crippen LogP contribution in [-0.2, 0) is 20.0 Å². The van der Waals surface area contributed by atoms with Crippen molar-refractivity contribution < 1.29 is 21.8 Å². The fraction of sp³-hybridized carbons (Fsp3) is 0.333. The summed E-state index contributed by atoms with van der Waals surface area (Å²) in [6.07, 6.45) is -0.0187. The lowest BCUT2D eigenvalue weighted by atomic mass is 10.3. The van der Waals surface area contributed by atoms with E-state index in [1.807, 2.05) is 0 Å². The molecular formula is C9H14N4O6S2. The molecule has 0 amide bonds. The van der Waals surface area contributed by atoms with Gasteiger partial charge < -0.3 is 5.73 Å². The summed E-state index contributed by atoms with van der Waals surface area (Å²) in [7, 11) is -7.67. The smallest absolute Gasteiger partial charge is 0.293 e. The predicted octanol–water partition coefficient (Wildman–Crippen LogP) is -0.866. The molecule has 1 aromatic carbocycles. The van der Waals surface area contributed by atoms with E-state index in [4.69, 9.17) is 10.9 Å². The maximum atomic E-state index is 11.9. The molecule has 0 fully saturated rings. The van der Waals surface area contributed by atoms with Gasteiger partial charge in [-0.25, -0.2) is 26.7 Å². The molecule has 0 aliphatic heterocycles. The molecule has 10 nitrogen and oxygen atoms in total. The molecule has 0 radical (unpaired) electrons. The van der Waals surface area contributed by atoms with Gasteiger partial charge in [-0.05, 0) is 18.6 Å². The van der Waals surface area contributed by atoms with Crippen LogP contribution in [0.1, 0.15) is 6.42 Å². The highest BCUT2D eigenvalue weighted by atomic mass is 32.2. The first-order valence-corrected chi connectivity index (χ1v) is 8.77. The van der Waals surface area contributed by atoms with Gasteiger partial charge in [-0.1, -0.05) is 0 Å². The second kappa shape index (κ2) is 6.34. The minimum Gasteiger partial charge on any atom is -0.393 e. The van der Waals surface area contributed by atoms with Crippen molar-refractivity contribution >= 4 is 31.4 Å². The third-order valence-electron chi connectivity index (χ3n) is 2.41. The van der Waals surface area contributed by atoms with Crippen molar-refractivity contribution in [1.29, 1.82) is 0 Å². The van der Waals surface area contributed by atoms with Crippen LogP contribution in [0.15, 0.2) is 23.1 Å². The summed E-state index contributed by atoms with van der Waals surface area (Å²) in [5.74, 6) is -0.378. The SMILES string of the molecule is Nc1ccc(S(=O)(=O)NCCCS(N)(=O)=O)cc1[N+](=O)[O-]. The molecule has 1 aromatic rings. The summed E-state index contributed by atoms with van der Waals surface area (Å²) < 4.78 is 47.3. The average molecular weight is 338 g/mol. The number of hydrogen-bond acceptors (Lipinski definition) is 7. The van der Waals surface area contributed by atoms with E-state index in [0.717, 1.165) is 18.2 Å². The normalized spacial score (nSPS) is 12.2. The standard InChI is InChI=1S/C9H14N4O6S2/c10-8-3-2-7(6-9(8)13(14)15)21(18,19)12-4-1-5-20(11,16)17/h2-3,6,12H,1,4-5,10H2,(H2,11,16,17). The van der Waals surface area contributed by atoms with E-state index in [9.17, 15) is 26.9 Å². The molecule has 0 heterocycles. The van der Waals surface area contributed by atoms with Gasteiger partial charge in [0.15, 0.2) is 0 Å². The Bertz CT molecular complexity index is 744. The summed E-state index contributed by atoms with van der Waals surface area (Å²) in [5, 5.41) is 15.5. The second-order valence-electron chi connectivity index (χ2n) is 4.10. The zero-order valence-corrected chi connectivity index (χ0v) is 12.4. The lowest BCUT2D eigenvalue weighted by Crippen LogP contribution is -2.27. The van der Waals surface area contributed by atoms with Gasteiger partial charge in [-0.2, -0.15) is 0 Å². The predicted molar refractivity (Wildman–Crippen MR) is 75.3 cm³/mol. The van der Waals surface area contributed by atoms with Crippen molar-refractivity contribution in [2.24, 2.45) is 5.14 Å². The van der Waals surface area contributed by atoms with Crippen LogP contribution in [0, 0.1) is 10.1 Å². The first-order chi connectivity index (χ1) is 9.53. The lowest BCUT2D eigenvalue weighted by molar-refractivity contribution is -0.384. The van der Waals surface area contributed by atoms with Crippen LogP contribution in [0.3, 0.4) is 0 Å². The molecule has 0 aromatic heterocycles. The Balaban J connectivity index is 2.84. The molecule has 118 valence electrons. The summed E-state index contributed by atoms with van der Waals surface area (Å²) in [4.78, 5) is 9.57. The Hall–Kier alpha value is -1.76. The number of sulfonamides is 2. The van der Waals surface area contributed by atoms with Crippen molar-refractivity contribution in [2.45, 2.75) is 11.3 Å². The van der Waals surface area contributed by atoms with Gasteiger partial charge in [0.1, 0.15) is 5.69 Å². The molecule has 0 bridgehead atoms. The molecular weight excluding hydrogens is 324 g/mol. The van der Waals surface area contributed by atoms with E-state index in [-0.39, 0.29) is 29.3 Å². The first-order valence-electron chi connectivity index (χ1n) is 5.57. The fourth-order valence-corrected chi connectivity index (χ4v) is 3.05. The average Bonchev–Trinajstić information content (AvgIpc) is 2.33. The van der Waals surface area contributed by atoms with Crippen LogP contribution in [0.2, 0.25) is 0 Å². The zero-order valence-electron chi connectivity index (χ0n) is 10.7. The number of nitrogens with two attached hydrogens (primary N) is 2. The summed E-state index contributed by atoms with van der Waals surface area (Å²) in [5.41, 5.74) is 4.68. The van der Waals surface area contributed by atoms with Crippen LogP contribution in [0.25, 0.3) is 0 Å². The van der Waals surface area contributed by atoms with Crippen molar-refractivity contribution in [3.63, 3.8) is 0 Å². The van der Waals surface area contributed by atoms with E-state index >= 15 is 0 Å². The number of rotatable bonds is 7. The van der Waals surface area contributed by atoms with Crippen LogP contribution in [0.4, 0.5) is 11.4 Å². The minimum absolute atomic E-state index is 0.0187. The third kappa shape index (κ3) is 5.26. The van der Waals surface area contributed by atoms with Gasteiger partial charge in [0, 0.05) is 12.6 Å². The fourth-order valence-electron chi connectivity index (χ4n) is 1.41. The van der Waals surface area contributed by atoms with E-state index in [1.165, 1.54) is 0 Å². The molecule has 0 unspecified atom stereocenters. The second-order valence-corrected chi connectivity index (χ2v) is 7.60. The summed E-state index contributed by atoms with van der Waals surface area (Å²) in [6, 6.07) is 3.05. The lowest BCUT2D eigenvalue weighted by Gasteiger charge is -2.07. The molecule has 0 aliphatic rings. The molecule has 0 saturated heterocycles. The Morgan fingerprint density at radius 2 is 1.86 bits per heavy atom. The Kier molecular flexibility index (Phi) is 5.22. The number of hydrogen-bond donors (Lipinski definition) is 3. The number of nitro groups is 1. The van der Waals surface area contributed by atoms with Crippen molar-refractivity contribution in [3.05, 3.63) is 28.3 Å². The van der Waals surface area contributed by atoms with Crippen LogP contribution >= 0.6 is 0 Å². The quantitative estimate of drug-likeness (QED) is 0.250. The monoisotopic (exact) mass is 338 g/mol. The molecule has 0 saturated carbocycles. The van der Waals surface area contributed by atoms with Crippen molar-refractivity contribution in [2.75, 3.05) is 18.0 Å². The Morgan fingerprint density at radius 1 is 1.24 bits per heavy atom. The third-order valence-corrected chi connectivity index (χ3v) is 4.72. The minimum atomic E-state index is -4.00. The number of primary sulfonamides is 1. The highest BCUT2D eigenvalue weighted by Crippen LogP contribution is 2.24. The van der Waals surface area contributed by atoms with Crippen LogP contribution in [0.5, 0.6) is 0 Å². The zero-order chi connectivity index (χ0) is 16.3. The number of nitrogens with one attached hydrogen (secondary N) is 1. The molecule has 1 rings (SSSR count). The largest absolute Gasteiger partial charge is 0.393 e. The van der Waals surface area contributed by atoms with Gasteiger partial charge >= 0.3 is 0 Å². The highest BCUT2D eigenvalue weighted by Gasteiger charge is 2.20. The summed E-state index contributed by atoms with van der Waals surface area (Å²) in [6.45, 7) is -0.170. The molecule has 0 aliphatic carbocycles. The van der Waals surface area contributed by atoms with Gasteiger partial charge in [0.05, 0.1) is 15.6 Å². The Labute approximate surface area is 121 Å². The molecule has 5 N–H and O–H groups in total. The van der Waals surface area contributed by atoms with E-state index in [1.54, 1.807) is 0 Å². The van der Waals surface area contributed by atoms with Gasteiger partial charge in [-0.3, -0.25) is 10.1 Å². The topological polar surface area (TPSA) is 175 Å². The van der Waals surface area contributed by atoms with E-state index in [2.05, 4.69) is 4.72 Å². The molecule has 21 heavy (non-hydrogen) atoms. The number of benzene rings is 1. The molecule has 0 atom stereocenters. The Morgan fingerprint density at radius 3 is 2.38 bits per heavy atom. The van der Waals surface area contributed by atoms with Gasteiger partial charge in [0.25, 0.3) is 5.69 Å². The highest BCUT2D eigenvalue weighted by molar-refractivity contribution is 7.89. The van der Waals surface area contributed by atoms with Gasteiger partial charge in [-0.15, -0.1) is 0 Å². The van der Waals surface area contributed by atoms with E-state index in [0.29, 0.717) is 0 Å². The number of anilines is 1. The van der Waals surface area contributed by atoms with E-state index < -0.39 is 30.7 Å². The number of nitrogens with zero attached hydrogens (tertiary/aromatic N) is 1. The maximum absolute atomic E-state index is 11.9. The van der Waals surface area contributed by atoms with Crippen LogP contribution < -0.4 is 15.6 Å². The van der Waals surface area contributed by atoms with Gasteiger partial charge in [0.2, 0.25) is 20.0 Å². The first kappa shape index (κ1) is 17.3. The van der Waals surface area contributed by atoms with Crippen molar-refractivity contribution in [3.8, 4) is 0 Å². The number of nitro benzene ring substituents is 1. The summed E-state index contributed by atoms with van der Waals surface area (Å²) >= 11 is 0. The van der Waals surface area contributed by atoms with Crippen molar-refractivity contribution in [1.82, 2.24) is 4.72 Å². The molecule has 12 heteroatoms. The van der Waals surface area contributed by atoms with Crippen LogP contribution in [-0.4, -0.2) is 34.1 Å². The number of nitrogen functional groups attached to an aromatic ring is 1. The maximum Gasteiger partial charge on any atom is 0.293 e.